The lowest BCUT2D eigenvalue weighted by atomic mass is 10.2. The average Bonchev–Trinajstić information content (AvgIpc) is 2.42. The summed E-state index contributed by atoms with van der Waals surface area (Å²) in [6.45, 7) is 2.64. The molecule has 0 atom stereocenters. The Balaban J connectivity index is 1.93. The first-order valence-electron chi connectivity index (χ1n) is 5.81. The van der Waals surface area contributed by atoms with Crippen LogP contribution < -0.4 is 10.2 Å². The van der Waals surface area contributed by atoms with Gasteiger partial charge < -0.3 is 4.74 Å². The van der Waals surface area contributed by atoms with E-state index in [1.165, 1.54) is 0 Å². The Morgan fingerprint density at radius 2 is 2.06 bits per heavy atom. The summed E-state index contributed by atoms with van der Waals surface area (Å²) in [4.78, 5) is 4.10. The van der Waals surface area contributed by atoms with Crippen molar-refractivity contribution in [1.29, 1.82) is 0 Å². The van der Waals surface area contributed by atoms with Crippen LogP contribution in [-0.4, -0.2) is 17.8 Å². The van der Waals surface area contributed by atoms with Crippen molar-refractivity contribution in [2.45, 2.75) is 6.92 Å². The van der Waals surface area contributed by atoms with Gasteiger partial charge >= 0.3 is 0 Å². The molecule has 92 valence electrons. The zero-order chi connectivity index (χ0) is 12.6. The van der Waals surface area contributed by atoms with E-state index in [2.05, 4.69) is 15.5 Å². The van der Waals surface area contributed by atoms with Crippen molar-refractivity contribution in [3.63, 3.8) is 0 Å². The third-order valence-corrected chi connectivity index (χ3v) is 2.25. The highest BCUT2D eigenvalue weighted by molar-refractivity contribution is 5.80. The molecule has 0 unspecified atom stereocenters. The number of aromatic nitrogens is 1. The van der Waals surface area contributed by atoms with Crippen LogP contribution >= 0.6 is 0 Å². The number of hydrazone groups is 1. The summed E-state index contributed by atoms with van der Waals surface area (Å²) in [6.07, 6.45) is 3.46. The van der Waals surface area contributed by atoms with Gasteiger partial charge in [0.2, 0.25) is 0 Å². The lowest BCUT2D eigenvalue weighted by Crippen LogP contribution is -1.93. The predicted octanol–water partition coefficient (Wildman–Crippen LogP) is 2.93. The second kappa shape index (κ2) is 6.39. The van der Waals surface area contributed by atoms with Crippen molar-refractivity contribution < 1.29 is 4.74 Å². The van der Waals surface area contributed by atoms with Crippen LogP contribution in [0.5, 0.6) is 5.75 Å². The fraction of sp³-hybridized carbons (Fsp3) is 0.143. The zero-order valence-corrected chi connectivity index (χ0v) is 10.2. The van der Waals surface area contributed by atoms with Crippen LogP contribution in [0, 0.1) is 0 Å². The largest absolute Gasteiger partial charge is 0.494 e. The molecule has 4 nitrogen and oxygen atoms in total. The average molecular weight is 241 g/mol. The molecule has 0 saturated carbocycles. The molecule has 0 bridgehead atoms. The van der Waals surface area contributed by atoms with Gasteiger partial charge in [-0.2, -0.15) is 5.10 Å². The molecule has 0 radical (unpaired) electrons. The van der Waals surface area contributed by atoms with E-state index in [0.29, 0.717) is 6.61 Å². The summed E-state index contributed by atoms with van der Waals surface area (Å²) in [7, 11) is 0. The van der Waals surface area contributed by atoms with Gasteiger partial charge in [0.15, 0.2) is 0 Å². The van der Waals surface area contributed by atoms with Gasteiger partial charge in [-0.05, 0) is 48.9 Å². The third kappa shape index (κ3) is 3.59. The number of hydrogen-bond donors (Lipinski definition) is 1. The topological polar surface area (TPSA) is 46.5 Å². The fourth-order valence-electron chi connectivity index (χ4n) is 1.42. The minimum Gasteiger partial charge on any atom is -0.494 e. The van der Waals surface area contributed by atoms with Crippen molar-refractivity contribution in [3.8, 4) is 5.75 Å². The molecule has 2 aromatic rings. The molecule has 4 heteroatoms. The highest BCUT2D eigenvalue weighted by Crippen LogP contribution is 2.10. The summed E-state index contributed by atoms with van der Waals surface area (Å²) in [5, 5.41) is 4.11. The van der Waals surface area contributed by atoms with Crippen LogP contribution in [0.2, 0.25) is 0 Å². The Labute approximate surface area is 106 Å². The number of nitrogens with one attached hydrogen (secondary N) is 1. The minimum absolute atomic E-state index is 0.675. The molecular weight excluding hydrogens is 226 g/mol. The standard InChI is InChI=1S/C14H15N3O/c1-2-18-13-8-6-12(7-9-13)11-16-17-14-5-3-4-10-15-14/h3-11H,2H2,1H3,(H,15,17). The molecule has 0 amide bonds. The normalized spacial score (nSPS) is 10.5. The van der Waals surface area contributed by atoms with E-state index in [4.69, 9.17) is 4.74 Å². The van der Waals surface area contributed by atoms with Crippen molar-refractivity contribution in [2.75, 3.05) is 12.0 Å². The van der Waals surface area contributed by atoms with Gasteiger partial charge in [-0.1, -0.05) is 6.07 Å². The zero-order valence-electron chi connectivity index (χ0n) is 10.2. The molecule has 1 heterocycles. The summed E-state index contributed by atoms with van der Waals surface area (Å²) < 4.78 is 5.36. The van der Waals surface area contributed by atoms with Gasteiger partial charge in [-0.25, -0.2) is 4.98 Å². The van der Waals surface area contributed by atoms with E-state index in [1.54, 1.807) is 12.4 Å². The highest BCUT2D eigenvalue weighted by atomic mass is 16.5. The van der Waals surface area contributed by atoms with Crippen molar-refractivity contribution in [3.05, 3.63) is 54.2 Å². The van der Waals surface area contributed by atoms with Gasteiger partial charge in [0.05, 0.1) is 12.8 Å². The van der Waals surface area contributed by atoms with Crippen LogP contribution in [0.15, 0.2) is 53.8 Å². The maximum Gasteiger partial charge on any atom is 0.146 e. The van der Waals surface area contributed by atoms with Gasteiger partial charge in [-0.15, -0.1) is 0 Å². The number of rotatable bonds is 5. The van der Waals surface area contributed by atoms with Gasteiger partial charge in [0.25, 0.3) is 0 Å². The molecule has 1 aromatic heterocycles. The predicted molar refractivity (Wildman–Crippen MR) is 73.1 cm³/mol. The Hall–Kier alpha value is -2.36. The maximum atomic E-state index is 5.36. The van der Waals surface area contributed by atoms with Gasteiger partial charge in [-0.3, -0.25) is 5.43 Å². The smallest absolute Gasteiger partial charge is 0.146 e. The van der Waals surface area contributed by atoms with Gasteiger partial charge in [0, 0.05) is 6.20 Å². The first-order valence-corrected chi connectivity index (χ1v) is 5.81. The van der Waals surface area contributed by atoms with Gasteiger partial charge in [0.1, 0.15) is 11.6 Å². The maximum absolute atomic E-state index is 5.36. The lowest BCUT2D eigenvalue weighted by molar-refractivity contribution is 0.340. The molecule has 2 rings (SSSR count). The van der Waals surface area contributed by atoms with E-state index in [9.17, 15) is 0 Å². The molecule has 0 aliphatic rings. The van der Waals surface area contributed by atoms with E-state index in [0.717, 1.165) is 17.1 Å². The summed E-state index contributed by atoms with van der Waals surface area (Å²) in [5.41, 5.74) is 3.86. The molecule has 0 saturated heterocycles. The third-order valence-electron chi connectivity index (χ3n) is 2.25. The Morgan fingerprint density at radius 3 is 2.72 bits per heavy atom. The van der Waals surface area contributed by atoms with Crippen molar-refractivity contribution in [2.24, 2.45) is 5.10 Å². The molecule has 0 spiro atoms. The molecule has 0 fully saturated rings. The fourth-order valence-corrected chi connectivity index (χ4v) is 1.42. The number of hydrogen-bond acceptors (Lipinski definition) is 4. The van der Waals surface area contributed by atoms with E-state index in [-0.39, 0.29) is 0 Å². The second-order valence-corrected chi connectivity index (χ2v) is 3.59. The van der Waals surface area contributed by atoms with Crippen LogP contribution in [0.1, 0.15) is 12.5 Å². The first-order chi connectivity index (χ1) is 8.88. The quantitative estimate of drug-likeness (QED) is 0.646. The monoisotopic (exact) mass is 241 g/mol. The minimum atomic E-state index is 0.675. The van der Waals surface area contributed by atoms with Crippen molar-refractivity contribution >= 4 is 12.0 Å². The Kier molecular flexibility index (Phi) is 4.30. The molecular formula is C14H15N3O. The van der Waals surface area contributed by atoms with E-state index in [1.807, 2.05) is 49.4 Å². The number of anilines is 1. The second-order valence-electron chi connectivity index (χ2n) is 3.59. The van der Waals surface area contributed by atoms with Crippen LogP contribution in [-0.2, 0) is 0 Å². The van der Waals surface area contributed by atoms with Crippen molar-refractivity contribution in [1.82, 2.24) is 4.98 Å². The summed E-state index contributed by atoms with van der Waals surface area (Å²) in [5.74, 6) is 1.59. The first kappa shape index (κ1) is 12.1. The Bertz CT molecular complexity index is 494. The Morgan fingerprint density at radius 1 is 1.22 bits per heavy atom. The van der Waals surface area contributed by atoms with E-state index >= 15 is 0 Å². The highest BCUT2D eigenvalue weighted by Gasteiger charge is 1.92. The van der Waals surface area contributed by atoms with Crippen LogP contribution in [0.3, 0.4) is 0 Å². The SMILES string of the molecule is CCOc1ccc(C=NNc2ccccn2)cc1. The molecule has 1 N–H and O–H groups in total. The summed E-state index contributed by atoms with van der Waals surface area (Å²) in [6, 6.07) is 13.4. The van der Waals surface area contributed by atoms with Crippen LogP contribution in [0.4, 0.5) is 5.82 Å². The molecule has 18 heavy (non-hydrogen) atoms. The molecule has 0 aliphatic carbocycles. The molecule has 1 aromatic carbocycles. The number of nitrogens with zero attached hydrogens (tertiary/aromatic N) is 2. The van der Waals surface area contributed by atoms with E-state index < -0.39 is 0 Å². The summed E-state index contributed by atoms with van der Waals surface area (Å²) >= 11 is 0. The van der Waals surface area contributed by atoms with Crippen LogP contribution in [0.25, 0.3) is 0 Å². The number of benzene rings is 1. The molecule has 0 aliphatic heterocycles. The lowest BCUT2D eigenvalue weighted by Gasteiger charge is -2.02. The number of ether oxygens (including phenoxy) is 1. The number of pyridine rings is 1.